The number of hydrogen-bond acceptors (Lipinski definition) is 2. The van der Waals surface area contributed by atoms with Crippen molar-refractivity contribution >= 4 is 5.69 Å². The number of para-hydroxylation sites is 1. The molecule has 1 aromatic carbocycles. The van der Waals surface area contributed by atoms with E-state index in [1.165, 1.54) is 24.2 Å². The molecule has 0 aromatic heterocycles. The van der Waals surface area contributed by atoms with Gasteiger partial charge in [0.25, 0.3) is 0 Å². The molecular weight excluding hydrogens is 172 g/mol. The van der Waals surface area contributed by atoms with E-state index in [4.69, 9.17) is 0 Å². The fourth-order valence-corrected chi connectivity index (χ4v) is 2.77. The first kappa shape index (κ1) is 8.30. The molecule has 2 heteroatoms. The first-order valence-electron chi connectivity index (χ1n) is 5.48. The third kappa shape index (κ3) is 1.22. The van der Waals surface area contributed by atoms with Crippen molar-refractivity contribution in [2.45, 2.75) is 12.3 Å². The number of hydrogen-bond donors (Lipinski definition) is 2. The fourth-order valence-electron chi connectivity index (χ4n) is 2.77. The topological polar surface area (TPSA) is 24.1 Å². The first-order valence-corrected chi connectivity index (χ1v) is 5.48. The Hall–Kier alpha value is -1.02. The quantitative estimate of drug-likeness (QED) is 0.649. The predicted octanol–water partition coefficient (Wildman–Crippen LogP) is 1.81. The van der Waals surface area contributed by atoms with Gasteiger partial charge in [0, 0.05) is 24.7 Å². The predicted molar refractivity (Wildman–Crippen MR) is 58.6 cm³/mol. The van der Waals surface area contributed by atoms with Crippen LogP contribution in [-0.4, -0.2) is 19.6 Å². The molecule has 2 heterocycles. The largest absolute Gasteiger partial charge is 0.385 e. The second-order valence-corrected chi connectivity index (χ2v) is 4.33. The second-order valence-electron chi connectivity index (χ2n) is 4.33. The van der Waals surface area contributed by atoms with Gasteiger partial charge in [0.2, 0.25) is 0 Å². The van der Waals surface area contributed by atoms with Gasteiger partial charge in [-0.1, -0.05) is 18.2 Å². The molecule has 2 unspecified atom stereocenters. The van der Waals surface area contributed by atoms with E-state index in [2.05, 4.69) is 34.9 Å². The highest BCUT2D eigenvalue weighted by Crippen LogP contribution is 2.36. The molecule has 0 spiro atoms. The number of anilines is 1. The molecule has 0 amide bonds. The van der Waals surface area contributed by atoms with Crippen molar-refractivity contribution < 1.29 is 0 Å². The van der Waals surface area contributed by atoms with Gasteiger partial charge in [0.1, 0.15) is 0 Å². The van der Waals surface area contributed by atoms with Gasteiger partial charge in [-0.05, 0) is 30.5 Å². The van der Waals surface area contributed by atoms with Gasteiger partial charge in [0.15, 0.2) is 0 Å². The summed E-state index contributed by atoms with van der Waals surface area (Å²) in [6.45, 7) is 3.48. The summed E-state index contributed by atoms with van der Waals surface area (Å²) in [6, 6.07) is 8.75. The van der Waals surface area contributed by atoms with Crippen LogP contribution in [0.3, 0.4) is 0 Å². The van der Waals surface area contributed by atoms with Gasteiger partial charge in [-0.3, -0.25) is 0 Å². The van der Waals surface area contributed by atoms with Gasteiger partial charge in [-0.15, -0.1) is 0 Å². The second kappa shape index (κ2) is 3.28. The van der Waals surface area contributed by atoms with Crippen LogP contribution in [0.15, 0.2) is 24.3 Å². The first-order chi connectivity index (χ1) is 6.95. The summed E-state index contributed by atoms with van der Waals surface area (Å²) < 4.78 is 0. The van der Waals surface area contributed by atoms with Crippen molar-refractivity contribution in [3.05, 3.63) is 29.8 Å². The van der Waals surface area contributed by atoms with Crippen molar-refractivity contribution in [1.82, 2.24) is 5.32 Å². The smallest absolute Gasteiger partial charge is 0.0376 e. The molecule has 2 nitrogen and oxygen atoms in total. The summed E-state index contributed by atoms with van der Waals surface area (Å²) in [5.41, 5.74) is 2.86. The van der Waals surface area contributed by atoms with Crippen LogP contribution in [0.1, 0.15) is 17.9 Å². The summed E-state index contributed by atoms with van der Waals surface area (Å²) in [5, 5.41) is 7.03. The normalized spacial score (nSPS) is 30.0. The molecule has 1 saturated heterocycles. The van der Waals surface area contributed by atoms with Crippen LogP contribution < -0.4 is 10.6 Å². The van der Waals surface area contributed by atoms with Crippen LogP contribution in [0.2, 0.25) is 0 Å². The van der Waals surface area contributed by atoms with Crippen molar-refractivity contribution in [2.24, 2.45) is 5.92 Å². The Kier molecular flexibility index (Phi) is 1.95. The minimum absolute atomic E-state index is 0.737. The number of fused-ring (bicyclic) bond motifs is 3. The standard InChI is InChI=1S/C12H16N2/c1-2-4-12-10(3-1)11-8-13-7-9(11)5-6-14-12/h1-4,9,11,13-14H,5-8H2. The van der Waals surface area contributed by atoms with Crippen LogP contribution in [0.5, 0.6) is 0 Å². The van der Waals surface area contributed by atoms with E-state index >= 15 is 0 Å². The molecule has 0 bridgehead atoms. The number of benzene rings is 1. The van der Waals surface area contributed by atoms with E-state index in [0.717, 1.165) is 24.9 Å². The molecule has 2 aliphatic rings. The monoisotopic (exact) mass is 188 g/mol. The number of nitrogens with one attached hydrogen (secondary N) is 2. The fraction of sp³-hybridized carbons (Fsp3) is 0.500. The molecule has 2 N–H and O–H groups in total. The van der Waals surface area contributed by atoms with Crippen LogP contribution in [0.25, 0.3) is 0 Å². The van der Waals surface area contributed by atoms with E-state index in [1.54, 1.807) is 0 Å². The van der Waals surface area contributed by atoms with E-state index in [1.807, 2.05) is 0 Å². The SMILES string of the molecule is c1ccc2c(c1)NCCC1CNCC21. The summed E-state index contributed by atoms with van der Waals surface area (Å²) in [4.78, 5) is 0. The van der Waals surface area contributed by atoms with Gasteiger partial charge in [-0.25, -0.2) is 0 Å². The molecule has 2 atom stereocenters. The van der Waals surface area contributed by atoms with Crippen LogP contribution in [0, 0.1) is 5.92 Å². The Morgan fingerprint density at radius 1 is 1.14 bits per heavy atom. The molecule has 2 aliphatic heterocycles. The molecule has 0 radical (unpaired) electrons. The Morgan fingerprint density at radius 3 is 3.07 bits per heavy atom. The van der Waals surface area contributed by atoms with E-state index in [0.29, 0.717) is 0 Å². The third-order valence-corrected chi connectivity index (χ3v) is 3.53. The summed E-state index contributed by atoms with van der Waals surface area (Å²) in [7, 11) is 0. The van der Waals surface area contributed by atoms with Crippen molar-refractivity contribution in [1.29, 1.82) is 0 Å². The third-order valence-electron chi connectivity index (χ3n) is 3.53. The molecule has 74 valence electrons. The zero-order chi connectivity index (χ0) is 9.38. The van der Waals surface area contributed by atoms with Gasteiger partial charge < -0.3 is 10.6 Å². The minimum Gasteiger partial charge on any atom is -0.385 e. The van der Waals surface area contributed by atoms with E-state index in [-0.39, 0.29) is 0 Å². The van der Waals surface area contributed by atoms with Gasteiger partial charge in [-0.2, -0.15) is 0 Å². The van der Waals surface area contributed by atoms with E-state index in [9.17, 15) is 0 Å². The van der Waals surface area contributed by atoms with Crippen molar-refractivity contribution in [2.75, 3.05) is 25.0 Å². The maximum absolute atomic E-state index is 3.53. The Balaban J connectivity index is 2.04. The lowest BCUT2D eigenvalue weighted by Gasteiger charge is -2.16. The number of rotatable bonds is 0. The Labute approximate surface area is 84.7 Å². The van der Waals surface area contributed by atoms with Gasteiger partial charge >= 0.3 is 0 Å². The lowest BCUT2D eigenvalue weighted by molar-refractivity contribution is 0.503. The molecule has 0 aliphatic carbocycles. The molecule has 3 rings (SSSR count). The van der Waals surface area contributed by atoms with Crippen molar-refractivity contribution in [3.8, 4) is 0 Å². The molecule has 1 fully saturated rings. The average Bonchev–Trinajstić information content (AvgIpc) is 2.61. The molecule has 0 saturated carbocycles. The highest BCUT2D eigenvalue weighted by Gasteiger charge is 2.31. The Bertz CT molecular complexity index is 335. The Morgan fingerprint density at radius 2 is 2.07 bits per heavy atom. The van der Waals surface area contributed by atoms with Crippen LogP contribution >= 0.6 is 0 Å². The van der Waals surface area contributed by atoms with Crippen LogP contribution in [-0.2, 0) is 0 Å². The highest BCUT2D eigenvalue weighted by molar-refractivity contribution is 5.54. The summed E-state index contributed by atoms with van der Waals surface area (Å²) in [6.07, 6.45) is 1.30. The minimum atomic E-state index is 0.737. The average molecular weight is 188 g/mol. The maximum atomic E-state index is 3.53. The zero-order valence-corrected chi connectivity index (χ0v) is 8.29. The molecular formula is C12H16N2. The maximum Gasteiger partial charge on any atom is 0.0376 e. The van der Waals surface area contributed by atoms with Gasteiger partial charge in [0.05, 0.1) is 0 Å². The zero-order valence-electron chi connectivity index (χ0n) is 8.29. The van der Waals surface area contributed by atoms with Crippen molar-refractivity contribution in [3.63, 3.8) is 0 Å². The lowest BCUT2D eigenvalue weighted by Crippen LogP contribution is -2.11. The lowest BCUT2D eigenvalue weighted by atomic mass is 9.87. The molecule has 14 heavy (non-hydrogen) atoms. The highest BCUT2D eigenvalue weighted by atomic mass is 14.9. The van der Waals surface area contributed by atoms with Crippen LogP contribution in [0.4, 0.5) is 5.69 Å². The molecule has 1 aromatic rings. The summed E-state index contributed by atoms with van der Waals surface area (Å²) in [5.74, 6) is 1.58. The summed E-state index contributed by atoms with van der Waals surface area (Å²) >= 11 is 0. The van der Waals surface area contributed by atoms with E-state index < -0.39 is 0 Å².